The van der Waals surface area contributed by atoms with Gasteiger partial charge in [0.15, 0.2) is 0 Å². The fraction of sp³-hybridized carbons (Fsp3) is 0.800. The van der Waals surface area contributed by atoms with Crippen molar-refractivity contribution in [2.45, 2.75) is 32.9 Å². The van der Waals surface area contributed by atoms with Crippen molar-refractivity contribution >= 4 is 0 Å². The number of aliphatic hydroxyl groups excluding tert-OH is 1. The molecule has 0 spiro atoms. The highest BCUT2D eigenvalue weighted by Gasteiger charge is 2.36. The standard InChI is InChI=1S/C10H19NO/c1-7(2)10(6-12)11-5-8(3)9(11)4/h8-10,12H,1,5-6H2,2-4H3. The molecule has 1 aliphatic rings. The third-order valence-electron chi connectivity index (χ3n) is 2.99. The SMILES string of the molecule is C=C(C)C(CO)N1CC(C)C1C. The van der Waals surface area contributed by atoms with E-state index in [1.807, 2.05) is 6.92 Å². The number of nitrogens with zero attached hydrogens (tertiary/aromatic N) is 1. The van der Waals surface area contributed by atoms with E-state index < -0.39 is 0 Å². The van der Waals surface area contributed by atoms with E-state index in [0.717, 1.165) is 18.0 Å². The molecule has 1 rings (SSSR count). The Bertz CT molecular complexity index is 179. The first-order valence-electron chi connectivity index (χ1n) is 4.60. The highest BCUT2D eigenvalue weighted by molar-refractivity contribution is 5.06. The van der Waals surface area contributed by atoms with Crippen LogP contribution >= 0.6 is 0 Å². The molecule has 0 saturated carbocycles. The molecule has 1 saturated heterocycles. The van der Waals surface area contributed by atoms with Crippen molar-refractivity contribution in [3.05, 3.63) is 12.2 Å². The van der Waals surface area contributed by atoms with Crippen LogP contribution in [0.5, 0.6) is 0 Å². The fourth-order valence-electron chi connectivity index (χ4n) is 1.80. The molecule has 3 atom stereocenters. The van der Waals surface area contributed by atoms with Gasteiger partial charge in [0.1, 0.15) is 0 Å². The number of rotatable bonds is 3. The average Bonchev–Trinajstić information content (AvgIpc) is 2.03. The maximum Gasteiger partial charge on any atom is 0.0625 e. The fourth-order valence-corrected chi connectivity index (χ4v) is 1.80. The van der Waals surface area contributed by atoms with Gasteiger partial charge in [0.05, 0.1) is 12.6 Å². The monoisotopic (exact) mass is 169 g/mol. The van der Waals surface area contributed by atoms with Crippen LogP contribution in [-0.2, 0) is 0 Å². The van der Waals surface area contributed by atoms with E-state index in [2.05, 4.69) is 25.3 Å². The third kappa shape index (κ3) is 1.54. The van der Waals surface area contributed by atoms with Crippen LogP contribution in [0.1, 0.15) is 20.8 Å². The summed E-state index contributed by atoms with van der Waals surface area (Å²) in [6.45, 7) is 11.6. The Balaban J connectivity index is 2.52. The summed E-state index contributed by atoms with van der Waals surface area (Å²) in [6, 6.07) is 0.773. The molecule has 0 amide bonds. The largest absolute Gasteiger partial charge is 0.394 e. The van der Waals surface area contributed by atoms with E-state index in [0.29, 0.717) is 6.04 Å². The van der Waals surface area contributed by atoms with Crippen LogP contribution in [0.4, 0.5) is 0 Å². The second-order valence-corrected chi connectivity index (χ2v) is 3.96. The topological polar surface area (TPSA) is 23.5 Å². The van der Waals surface area contributed by atoms with E-state index >= 15 is 0 Å². The van der Waals surface area contributed by atoms with Crippen LogP contribution in [0, 0.1) is 5.92 Å². The molecule has 0 aromatic rings. The minimum Gasteiger partial charge on any atom is -0.394 e. The molecular weight excluding hydrogens is 150 g/mol. The van der Waals surface area contributed by atoms with Gasteiger partial charge in [-0.3, -0.25) is 4.90 Å². The third-order valence-corrected chi connectivity index (χ3v) is 2.99. The van der Waals surface area contributed by atoms with Crippen molar-refractivity contribution in [2.24, 2.45) is 5.92 Å². The lowest BCUT2D eigenvalue weighted by atomic mass is 9.88. The molecule has 0 aromatic heterocycles. The molecule has 0 aromatic carbocycles. The van der Waals surface area contributed by atoms with Gasteiger partial charge in [0.2, 0.25) is 0 Å². The molecule has 0 radical (unpaired) electrons. The van der Waals surface area contributed by atoms with Gasteiger partial charge in [0, 0.05) is 12.6 Å². The minimum absolute atomic E-state index is 0.177. The van der Waals surface area contributed by atoms with E-state index in [9.17, 15) is 0 Å². The second kappa shape index (κ2) is 3.58. The quantitative estimate of drug-likeness (QED) is 0.643. The maximum absolute atomic E-state index is 9.13. The zero-order chi connectivity index (χ0) is 9.30. The summed E-state index contributed by atoms with van der Waals surface area (Å²) >= 11 is 0. The Morgan fingerprint density at radius 1 is 1.67 bits per heavy atom. The molecular formula is C10H19NO. The Morgan fingerprint density at radius 3 is 2.50 bits per heavy atom. The molecule has 1 aliphatic heterocycles. The van der Waals surface area contributed by atoms with Gasteiger partial charge >= 0.3 is 0 Å². The van der Waals surface area contributed by atoms with Gasteiger partial charge in [-0.2, -0.15) is 0 Å². The van der Waals surface area contributed by atoms with Crippen molar-refractivity contribution < 1.29 is 5.11 Å². The summed E-state index contributed by atoms with van der Waals surface area (Å²) < 4.78 is 0. The normalized spacial score (nSPS) is 32.7. The zero-order valence-corrected chi connectivity index (χ0v) is 8.25. The zero-order valence-electron chi connectivity index (χ0n) is 8.25. The summed E-state index contributed by atoms with van der Waals surface area (Å²) in [5.74, 6) is 0.762. The number of hydrogen-bond acceptors (Lipinski definition) is 2. The molecule has 0 aliphatic carbocycles. The van der Waals surface area contributed by atoms with Crippen LogP contribution in [0.2, 0.25) is 0 Å². The summed E-state index contributed by atoms with van der Waals surface area (Å²) in [5.41, 5.74) is 1.07. The highest BCUT2D eigenvalue weighted by Crippen LogP contribution is 2.28. The molecule has 70 valence electrons. The van der Waals surface area contributed by atoms with Gasteiger partial charge in [-0.15, -0.1) is 0 Å². The van der Waals surface area contributed by atoms with Gasteiger partial charge < -0.3 is 5.11 Å². The Kier molecular flexibility index (Phi) is 2.91. The van der Waals surface area contributed by atoms with E-state index in [4.69, 9.17) is 5.11 Å². The van der Waals surface area contributed by atoms with Gasteiger partial charge in [-0.05, 0) is 19.8 Å². The number of likely N-dealkylation sites (tertiary alicyclic amines) is 1. The summed E-state index contributed by atoms with van der Waals surface area (Å²) in [5, 5.41) is 9.13. The van der Waals surface area contributed by atoms with Crippen LogP contribution in [-0.4, -0.2) is 35.2 Å². The van der Waals surface area contributed by atoms with E-state index in [1.165, 1.54) is 0 Å². The highest BCUT2D eigenvalue weighted by atomic mass is 16.3. The van der Waals surface area contributed by atoms with E-state index in [-0.39, 0.29) is 12.6 Å². The van der Waals surface area contributed by atoms with Crippen LogP contribution in [0.3, 0.4) is 0 Å². The number of aliphatic hydroxyl groups is 1. The Labute approximate surface area is 74.9 Å². The smallest absolute Gasteiger partial charge is 0.0625 e. The minimum atomic E-state index is 0.177. The second-order valence-electron chi connectivity index (χ2n) is 3.96. The lowest BCUT2D eigenvalue weighted by molar-refractivity contribution is -0.00903. The Hall–Kier alpha value is -0.340. The van der Waals surface area contributed by atoms with Gasteiger partial charge in [-0.1, -0.05) is 19.1 Å². The van der Waals surface area contributed by atoms with Crippen LogP contribution in [0.25, 0.3) is 0 Å². The molecule has 1 fully saturated rings. The lowest BCUT2D eigenvalue weighted by Crippen LogP contribution is -2.58. The van der Waals surface area contributed by atoms with Crippen molar-refractivity contribution in [1.82, 2.24) is 4.90 Å². The van der Waals surface area contributed by atoms with Gasteiger partial charge in [-0.25, -0.2) is 0 Å². The van der Waals surface area contributed by atoms with Crippen LogP contribution in [0.15, 0.2) is 12.2 Å². The molecule has 12 heavy (non-hydrogen) atoms. The summed E-state index contributed by atoms with van der Waals surface area (Å²) in [7, 11) is 0. The van der Waals surface area contributed by atoms with Crippen LogP contribution < -0.4 is 0 Å². The molecule has 1 heterocycles. The first kappa shape index (κ1) is 9.75. The van der Waals surface area contributed by atoms with Gasteiger partial charge in [0.25, 0.3) is 0 Å². The molecule has 0 bridgehead atoms. The van der Waals surface area contributed by atoms with Crippen molar-refractivity contribution in [3.8, 4) is 0 Å². The van der Waals surface area contributed by atoms with E-state index in [1.54, 1.807) is 0 Å². The molecule has 2 nitrogen and oxygen atoms in total. The molecule has 3 unspecified atom stereocenters. The predicted molar refractivity (Wildman–Crippen MR) is 51.0 cm³/mol. The summed E-state index contributed by atoms with van der Waals surface area (Å²) in [6.07, 6.45) is 0. The first-order chi connectivity index (χ1) is 5.57. The molecule has 1 N–H and O–H groups in total. The predicted octanol–water partition coefficient (Wildman–Crippen LogP) is 1.26. The van der Waals surface area contributed by atoms with Crippen molar-refractivity contribution in [2.75, 3.05) is 13.2 Å². The maximum atomic E-state index is 9.13. The summed E-state index contributed by atoms with van der Waals surface area (Å²) in [4.78, 5) is 2.31. The van der Waals surface area contributed by atoms with Crippen molar-refractivity contribution in [1.29, 1.82) is 0 Å². The number of hydrogen-bond donors (Lipinski definition) is 1. The average molecular weight is 169 g/mol. The first-order valence-corrected chi connectivity index (χ1v) is 4.60. The Morgan fingerprint density at radius 2 is 2.25 bits per heavy atom. The van der Waals surface area contributed by atoms with Crippen molar-refractivity contribution in [3.63, 3.8) is 0 Å². The lowest BCUT2D eigenvalue weighted by Gasteiger charge is -2.49. The molecule has 2 heteroatoms.